The van der Waals surface area contributed by atoms with E-state index in [-0.39, 0.29) is 5.92 Å². The third-order valence-electron chi connectivity index (χ3n) is 5.10. The summed E-state index contributed by atoms with van der Waals surface area (Å²) < 4.78 is 14.1. The second-order valence-electron chi connectivity index (χ2n) is 7.80. The van der Waals surface area contributed by atoms with Gasteiger partial charge < -0.3 is 0 Å². The Labute approximate surface area is 154 Å². The number of halogens is 1. The molecule has 0 aromatic heterocycles. The number of allylic oxidation sites excluding steroid dienone is 5. The third-order valence-corrected chi connectivity index (χ3v) is 5.10. The molecule has 1 rings (SSSR count). The highest BCUT2D eigenvalue weighted by Gasteiger charge is 2.26. The zero-order valence-corrected chi connectivity index (χ0v) is 17.0. The lowest BCUT2D eigenvalue weighted by Gasteiger charge is -2.25. The van der Waals surface area contributed by atoms with Crippen molar-refractivity contribution in [1.29, 1.82) is 0 Å². The molecule has 0 heterocycles. The molecular weight excluding hydrogens is 307 g/mol. The van der Waals surface area contributed by atoms with Crippen molar-refractivity contribution < 1.29 is 4.39 Å². The largest absolute Gasteiger partial charge is 0.244 e. The first-order valence-electron chi connectivity index (χ1n) is 9.44. The lowest BCUT2D eigenvalue weighted by Crippen LogP contribution is -2.25. The summed E-state index contributed by atoms with van der Waals surface area (Å²) >= 11 is 0. The van der Waals surface area contributed by atoms with Gasteiger partial charge in [-0.2, -0.15) is 0 Å². The Kier molecular flexibility index (Phi) is 8.35. The summed E-state index contributed by atoms with van der Waals surface area (Å²) in [5.74, 6) is 0.139. The highest BCUT2D eigenvalue weighted by Crippen LogP contribution is 2.29. The van der Waals surface area contributed by atoms with Gasteiger partial charge in [-0.3, -0.25) is 0 Å². The van der Waals surface area contributed by atoms with Crippen LogP contribution < -0.4 is 0 Å². The maximum Gasteiger partial charge on any atom is 0.108 e. The first kappa shape index (κ1) is 21.4. The number of benzene rings is 1. The zero-order chi connectivity index (χ0) is 19.0. The van der Waals surface area contributed by atoms with Crippen molar-refractivity contribution >= 4 is 5.57 Å². The third kappa shape index (κ3) is 7.42. The van der Waals surface area contributed by atoms with Crippen LogP contribution in [-0.4, -0.2) is 5.67 Å². The van der Waals surface area contributed by atoms with Crippen LogP contribution in [0.1, 0.15) is 71.9 Å². The van der Waals surface area contributed by atoms with E-state index in [9.17, 15) is 4.39 Å². The van der Waals surface area contributed by atoms with Crippen LogP contribution in [0, 0.1) is 5.92 Å². The van der Waals surface area contributed by atoms with Crippen LogP contribution in [0.5, 0.6) is 0 Å². The van der Waals surface area contributed by atoms with Crippen LogP contribution in [-0.2, 0) is 6.42 Å². The van der Waals surface area contributed by atoms with Crippen LogP contribution in [0.2, 0.25) is 0 Å². The Morgan fingerprint density at radius 1 is 1.20 bits per heavy atom. The first-order chi connectivity index (χ1) is 11.6. The molecule has 0 fully saturated rings. The maximum atomic E-state index is 14.1. The second-order valence-corrected chi connectivity index (χ2v) is 7.80. The summed E-state index contributed by atoms with van der Waals surface area (Å²) in [5.41, 5.74) is 5.00. The molecule has 1 heteroatoms. The van der Waals surface area contributed by atoms with E-state index in [0.717, 1.165) is 36.8 Å². The Bertz CT molecular complexity index is 622. The van der Waals surface area contributed by atoms with Gasteiger partial charge in [-0.1, -0.05) is 67.5 Å². The number of aryl methyl sites for hydroxylation is 1. The van der Waals surface area contributed by atoms with Gasteiger partial charge in [-0.15, -0.1) is 0 Å². The lowest BCUT2D eigenvalue weighted by molar-refractivity contribution is 0.112. The molecule has 138 valence electrons. The Balaban J connectivity index is 2.69. The summed E-state index contributed by atoms with van der Waals surface area (Å²) in [7, 11) is 0. The zero-order valence-electron chi connectivity index (χ0n) is 17.0. The quantitative estimate of drug-likeness (QED) is 0.403. The van der Waals surface area contributed by atoms with Gasteiger partial charge in [0.2, 0.25) is 0 Å². The highest BCUT2D eigenvalue weighted by molar-refractivity contribution is 5.72. The van der Waals surface area contributed by atoms with Crippen LogP contribution in [0.3, 0.4) is 0 Å². The van der Waals surface area contributed by atoms with Gasteiger partial charge >= 0.3 is 0 Å². The van der Waals surface area contributed by atoms with Crippen LogP contribution in [0.25, 0.3) is 5.57 Å². The van der Waals surface area contributed by atoms with Gasteiger partial charge in [0.25, 0.3) is 0 Å². The molecule has 0 amide bonds. The van der Waals surface area contributed by atoms with E-state index in [2.05, 4.69) is 70.7 Å². The molecular formula is C24H35F. The molecule has 0 aliphatic carbocycles. The van der Waals surface area contributed by atoms with Crippen LogP contribution >= 0.6 is 0 Å². The maximum absolute atomic E-state index is 14.1. The van der Waals surface area contributed by atoms with Crippen molar-refractivity contribution in [2.45, 2.75) is 72.9 Å². The molecule has 1 atom stereocenters. The molecule has 0 N–H and O–H groups in total. The molecule has 0 spiro atoms. The highest BCUT2D eigenvalue weighted by atomic mass is 19.1. The normalized spacial score (nSPS) is 13.1. The van der Waals surface area contributed by atoms with Gasteiger partial charge in [-0.25, -0.2) is 4.39 Å². The lowest BCUT2D eigenvalue weighted by atomic mass is 9.85. The molecule has 0 radical (unpaired) electrons. The van der Waals surface area contributed by atoms with Gasteiger partial charge in [0, 0.05) is 0 Å². The molecule has 0 bridgehead atoms. The van der Waals surface area contributed by atoms with Gasteiger partial charge in [-0.05, 0) is 76.5 Å². The van der Waals surface area contributed by atoms with Crippen LogP contribution in [0.15, 0.2) is 54.1 Å². The van der Waals surface area contributed by atoms with E-state index in [0.29, 0.717) is 0 Å². The van der Waals surface area contributed by atoms with Crippen LogP contribution in [0.4, 0.5) is 4.39 Å². The van der Waals surface area contributed by atoms with E-state index in [1.165, 1.54) is 16.7 Å². The second kappa shape index (κ2) is 9.75. The van der Waals surface area contributed by atoms with E-state index in [4.69, 9.17) is 0 Å². The van der Waals surface area contributed by atoms with Gasteiger partial charge in [0.1, 0.15) is 5.67 Å². The molecule has 1 aromatic carbocycles. The average molecular weight is 343 g/mol. The number of hydrogen-bond donors (Lipinski definition) is 0. The summed E-state index contributed by atoms with van der Waals surface area (Å²) in [4.78, 5) is 0. The van der Waals surface area contributed by atoms with Gasteiger partial charge in [0.15, 0.2) is 0 Å². The molecule has 25 heavy (non-hydrogen) atoms. The molecule has 0 nitrogen and oxygen atoms in total. The monoisotopic (exact) mass is 342 g/mol. The predicted octanol–water partition coefficient (Wildman–Crippen LogP) is 7.71. The van der Waals surface area contributed by atoms with E-state index in [1.54, 1.807) is 13.8 Å². The minimum atomic E-state index is -1.08. The molecule has 1 unspecified atom stereocenters. The Morgan fingerprint density at radius 2 is 1.88 bits per heavy atom. The van der Waals surface area contributed by atoms with Crippen molar-refractivity contribution in [3.63, 3.8) is 0 Å². The number of hydrogen-bond acceptors (Lipinski definition) is 0. The molecule has 0 aliphatic rings. The first-order valence-corrected chi connectivity index (χ1v) is 9.44. The smallest absolute Gasteiger partial charge is 0.108 e. The van der Waals surface area contributed by atoms with Crippen molar-refractivity contribution in [3.8, 4) is 0 Å². The molecule has 0 saturated heterocycles. The fraction of sp³-hybridized carbons (Fsp3) is 0.500. The van der Waals surface area contributed by atoms with E-state index < -0.39 is 5.67 Å². The topological polar surface area (TPSA) is 0 Å². The van der Waals surface area contributed by atoms with Gasteiger partial charge in [0.05, 0.1) is 0 Å². The standard InChI is InChI=1S/C24H35F/c1-8-23(24(6,7)25)14-10-12-21-11-9-13-22(17-21)20(5)16-15-19(4)18(2)3/h9,11,13,15-17,23H,5,8,10,12,14H2,1-4,6-7H3/b16-15-. The molecule has 1 aromatic rings. The Morgan fingerprint density at radius 3 is 2.44 bits per heavy atom. The molecule has 0 saturated carbocycles. The minimum Gasteiger partial charge on any atom is -0.244 e. The summed E-state index contributed by atoms with van der Waals surface area (Å²) in [6.07, 6.45) is 8.05. The summed E-state index contributed by atoms with van der Waals surface area (Å²) in [6, 6.07) is 8.57. The number of rotatable bonds is 9. The van der Waals surface area contributed by atoms with Crippen molar-refractivity contribution in [1.82, 2.24) is 0 Å². The average Bonchev–Trinajstić information content (AvgIpc) is 2.55. The van der Waals surface area contributed by atoms with Crippen molar-refractivity contribution in [2.24, 2.45) is 5.92 Å². The van der Waals surface area contributed by atoms with Crippen molar-refractivity contribution in [2.75, 3.05) is 0 Å². The number of alkyl halides is 1. The fourth-order valence-corrected chi connectivity index (χ4v) is 3.00. The summed E-state index contributed by atoms with van der Waals surface area (Å²) in [5, 5.41) is 0. The Hall–Kier alpha value is -1.63. The SMILES string of the molecule is C=C(/C=C\C(C)=C(C)C)c1cccc(CCCC(CC)C(C)(C)F)c1. The predicted molar refractivity (Wildman–Crippen MR) is 111 cm³/mol. The van der Waals surface area contributed by atoms with Crippen molar-refractivity contribution in [3.05, 3.63) is 65.3 Å². The molecule has 0 aliphatic heterocycles. The van der Waals surface area contributed by atoms with E-state index in [1.807, 2.05) is 0 Å². The van der Waals surface area contributed by atoms with E-state index >= 15 is 0 Å². The summed E-state index contributed by atoms with van der Waals surface area (Å²) in [6.45, 7) is 16.0. The fourth-order valence-electron chi connectivity index (χ4n) is 3.00. The minimum absolute atomic E-state index is 0.139.